The van der Waals surface area contributed by atoms with E-state index in [2.05, 4.69) is 22.8 Å². The molecule has 1 aliphatic carbocycles. The van der Waals surface area contributed by atoms with Gasteiger partial charge in [0, 0.05) is 11.7 Å². The largest absolute Gasteiger partial charge is 0.416 e. The summed E-state index contributed by atoms with van der Waals surface area (Å²) in [4.78, 5) is 12.3. The van der Waals surface area contributed by atoms with Gasteiger partial charge in [0.2, 0.25) is 5.91 Å². The summed E-state index contributed by atoms with van der Waals surface area (Å²) in [5.74, 6) is -0.274. The van der Waals surface area contributed by atoms with E-state index in [1.807, 2.05) is 12.1 Å². The Labute approximate surface area is 144 Å². The minimum absolute atomic E-state index is 0.115. The van der Waals surface area contributed by atoms with Gasteiger partial charge in [0.15, 0.2) is 0 Å². The first-order chi connectivity index (χ1) is 11.8. The Morgan fingerprint density at radius 2 is 1.80 bits per heavy atom. The van der Waals surface area contributed by atoms with Crippen molar-refractivity contribution in [3.63, 3.8) is 0 Å². The molecule has 0 aromatic heterocycles. The summed E-state index contributed by atoms with van der Waals surface area (Å²) in [7, 11) is 0. The number of aryl methyl sites for hydroxylation is 1. The number of anilines is 1. The molecule has 25 heavy (non-hydrogen) atoms. The summed E-state index contributed by atoms with van der Waals surface area (Å²) >= 11 is 0. The van der Waals surface area contributed by atoms with Crippen LogP contribution in [0, 0.1) is 0 Å². The number of benzene rings is 2. The van der Waals surface area contributed by atoms with Crippen molar-refractivity contribution in [2.45, 2.75) is 38.0 Å². The number of alkyl halides is 3. The van der Waals surface area contributed by atoms with Crippen molar-refractivity contribution in [2.75, 3.05) is 5.32 Å². The average molecular weight is 348 g/mol. The number of nitrogens with one attached hydrogen (secondary N) is 2. The number of halogens is 3. The zero-order valence-corrected chi connectivity index (χ0v) is 13.7. The normalized spacial score (nSPS) is 17.8. The Kier molecular flexibility index (Phi) is 4.81. The fourth-order valence-corrected chi connectivity index (χ4v) is 3.10. The molecule has 2 N–H and O–H groups in total. The molecule has 0 heterocycles. The van der Waals surface area contributed by atoms with Gasteiger partial charge in [-0.1, -0.05) is 24.3 Å². The molecular formula is C19H19F3N2O. The van der Waals surface area contributed by atoms with Gasteiger partial charge in [-0.3, -0.25) is 10.1 Å². The summed E-state index contributed by atoms with van der Waals surface area (Å²) in [5, 5.41) is 5.95. The van der Waals surface area contributed by atoms with Crippen LogP contribution in [-0.4, -0.2) is 11.9 Å². The number of fused-ring (bicyclic) bond motifs is 1. The molecule has 0 aliphatic heterocycles. The van der Waals surface area contributed by atoms with E-state index in [9.17, 15) is 18.0 Å². The minimum atomic E-state index is -4.38. The predicted molar refractivity (Wildman–Crippen MR) is 90.2 cm³/mol. The van der Waals surface area contributed by atoms with Gasteiger partial charge in [0.25, 0.3) is 0 Å². The van der Waals surface area contributed by atoms with E-state index in [0.717, 1.165) is 25.0 Å². The smallest absolute Gasteiger partial charge is 0.325 e. The number of rotatable bonds is 4. The number of carbonyl (C=O) groups is 1. The fraction of sp³-hybridized carbons (Fsp3) is 0.316. The Hall–Kier alpha value is -2.34. The molecule has 0 saturated carbocycles. The monoisotopic (exact) mass is 348 g/mol. The molecule has 0 spiro atoms. The van der Waals surface area contributed by atoms with Gasteiger partial charge in [-0.25, -0.2) is 0 Å². The first kappa shape index (κ1) is 17.5. The summed E-state index contributed by atoms with van der Waals surface area (Å²) < 4.78 is 37.7. The topological polar surface area (TPSA) is 41.1 Å². The number of hydrogen-bond donors (Lipinski definition) is 2. The molecule has 0 radical (unpaired) electrons. The van der Waals surface area contributed by atoms with E-state index in [1.54, 1.807) is 6.92 Å². The van der Waals surface area contributed by atoms with Crippen LogP contribution in [0.5, 0.6) is 0 Å². The van der Waals surface area contributed by atoms with Gasteiger partial charge in [-0.15, -0.1) is 0 Å². The van der Waals surface area contributed by atoms with Crippen LogP contribution in [-0.2, 0) is 17.4 Å². The Bertz CT molecular complexity index is 756. The van der Waals surface area contributed by atoms with Crippen LogP contribution in [0.25, 0.3) is 0 Å². The van der Waals surface area contributed by atoms with Crippen LogP contribution >= 0.6 is 0 Å². The standard InChI is InChI=1S/C19H19F3N2O/c1-12(23-17-11-6-13-4-2-3-5-16(13)17)18(25)24-15-9-7-14(8-10-15)19(20,21)22/h2-5,7-10,12,17,23H,6,11H2,1H3,(H,24,25). The van der Waals surface area contributed by atoms with Crippen LogP contribution < -0.4 is 10.6 Å². The van der Waals surface area contributed by atoms with E-state index in [0.29, 0.717) is 5.69 Å². The van der Waals surface area contributed by atoms with Crippen molar-refractivity contribution in [2.24, 2.45) is 0 Å². The lowest BCUT2D eigenvalue weighted by Gasteiger charge is -2.20. The highest BCUT2D eigenvalue weighted by Crippen LogP contribution is 2.31. The number of amides is 1. The second kappa shape index (κ2) is 6.88. The molecule has 2 aromatic rings. The van der Waals surface area contributed by atoms with Crippen LogP contribution in [0.1, 0.15) is 36.1 Å². The molecule has 2 atom stereocenters. The van der Waals surface area contributed by atoms with Gasteiger partial charge in [0.1, 0.15) is 0 Å². The maximum atomic E-state index is 12.6. The second-order valence-corrected chi connectivity index (χ2v) is 6.24. The van der Waals surface area contributed by atoms with Gasteiger partial charge in [-0.2, -0.15) is 13.2 Å². The molecule has 0 fully saturated rings. The van der Waals surface area contributed by atoms with Gasteiger partial charge >= 0.3 is 6.18 Å². The first-order valence-corrected chi connectivity index (χ1v) is 8.16. The van der Waals surface area contributed by atoms with Gasteiger partial charge in [-0.05, 0) is 55.2 Å². The quantitative estimate of drug-likeness (QED) is 0.864. The van der Waals surface area contributed by atoms with Crippen LogP contribution in [0.15, 0.2) is 48.5 Å². The zero-order valence-electron chi connectivity index (χ0n) is 13.7. The van der Waals surface area contributed by atoms with E-state index >= 15 is 0 Å². The summed E-state index contributed by atoms with van der Waals surface area (Å²) in [6.07, 6.45) is -2.48. The molecule has 0 saturated heterocycles. The van der Waals surface area contributed by atoms with E-state index in [1.165, 1.54) is 23.3 Å². The van der Waals surface area contributed by atoms with Crippen molar-refractivity contribution in [3.8, 4) is 0 Å². The maximum absolute atomic E-state index is 12.6. The van der Waals surface area contributed by atoms with E-state index in [4.69, 9.17) is 0 Å². The highest BCUT2D eigenvalue weighted by molar-refractivity contribution is 5.94. The number of hydrogen-bond acceptors (Lipinski definition) is 2. The molecule has 1 amide bonds. The zero-order chi connectivity index (χ0) is 18.0. The maximum Gasteiger partial charge on any atom is 0.416 e. The third-order valence-corrected chi connectivity index (χ3v) is 4.46. The third-order valence-electron chi connectivity index (χ3n) is 4.46. The average Bonchev–Trinajstić information content (AvgIpc) is 2.97. The van der Waals surface area contributed by atoms with Crippen molar-refractivity contribution in [3.05, 3.63) is 65.2 Å². The summed E-state index contributed by atoms with van der Waals surface area (Å²) in [6, 6.07) is 12.2. The molecule has 3 rings (SSSR count). The molecule has 2 unspecified atom stereocenters. The lowest BCUT2D eigenvalue weighted by molar-refractivity contribution is -0.137. The Balaban J connectivity index is 1.60. The lowest BCUT2D eigenvalue weighted by atomic mass is 10.1. The highest BCUT2D eigenvalue weighted by Gasteiger charge is 2.30. The van der Waals surface area contributed by atoms with Crippen LogP contribution in [0.3, 0.4) is 0 Å². The van der Waals surface area contributed by atoms with Gasteiger partial charge < -0.3 is 5.32 Å². The molecule has 0 bridgehead atoms. The first-order valence-electron chi connectivity index (χ1n) is 8.16. The number of carbonyl (C=O) groups excluding carboxylic acids is 1. The van der Waals surface area contributed by atoms with Crippen molar-refractivity contribution in [1.29, 1.82) is 0 Å². The van der Waals surface area contributed by atoms with E-state index in [-0.39, 0.29) is 11.9 Å². The molecule has 6 heteroatoms. The molecule has 132 valence electrons. The molecule has 1 aliphatic rings. The van der Waals surface area contributed by atoms with Crippen LogP contribution in [0.2, 0.25) is 0 Å². The highest BCUT2D eigenvalue weighted by atomic mass is 19.4. The van der Waals surface area contributed by atoms with Crippen molar-refractivity contribution in [1.82, 2.24) is 5.32 Å². The van der Waals surface area contributed by atoms with Gasteiger partial charge in [0.05, 0.1) is 11.6 Å². The van der Waals surface area contributed by atoms with Crippen LogP contribution in [0.4, 0.5) is 18.9 Å². The Morgan fingerprint density at radius 1 is 1.12 bits per heavy atom. The fourth-order valence-electron chi connectivity index (χ4n) is 3.10. The minimum Gasteiger partial charge on any atom is -0.325 e. The van der Waals surface area contributed by atoms with Crippen molar-refractivity contribution < 1.29 is 18.0 Å². The Morgan fingerprint density at radius 3 is 2.48 bits per heavy atom. The summed E-state index contributed by atoms with van der Waals surface area (Å²) in [5.41, 5.74) is 2.10. The predicted octanol–water partition coefficient (Wildman–Crippen LogP) is 4.31. The third kappa shape index (κ3) is 4.02. The second-order valence-electron chi connectivity index (χ2n) is 6.24. The molecule has 3 nitrogen and oxygen atoms in total. The van der Waals surface area contributed by atoms with E-state index < -0.39 is 17.8 Å². The summed E-state index contributed by atoms with van der Waals surface area (Å²) in [6.45, 7) is 1.75. The SMILES string of the molecule is CC(NC1CCc2ccccc21)C(=O)Nc1ccc(C(F)(F)F)cc1. The molecule has 2 aromatic carbocycles. The lowest BCUT2D eigenvalue weighted by Crippen LogP contribution is -2.39. The molecular weight excluding hydrogens is 329 g/mol. The van der Waals surface area contributed by atoms with Crippen molar-refractivity contribution >= 4 is 11.6 Å².